The first-order valence-electron chi connectivity index (χ1n) is 11.6. The molecule has 33 heavy (non-hydrogen) atoms. The van der Waals surface area contributed by atoms with Crippen molar-refractivity contribution in [3.05, 3.63) is 23.8 Å². The fourth-order valence-electron chi connectivity index (χ4n) is 4.70. The maximum atomic E-state index is 12.9. The number of carbonyl (C=O) groups is 2. The van der Waals surface area contributed by atoms with Gasteiger partial charge in [-0.15, -0.1) is 0 Å². The van der Waals surface area contributed by atoms with Gasteiger partial charge in [0.25, 0.3) is 0 Å². The van der Waals surface area contributed by atoms with E-state index >= 15 is 0 Å². The van der Waals surface area contributed by atoms with Crippen LogP contribution in [0.2, 0.25) is 0 Å². The third kappa shape index (κ3) is 6.10. The molecule has 180 valence electrons. The summed E-state index contributed by atoms with van der Waals surface area (Å²) in [6.07, 6.45) is 2.34. The van der Waals surface area contributed by atoms with E-state index in [1.807, 2.05) is 20.8 Å². The van der Waals surface area contributed by atoms with Gasteiger partial charge in [-0.1, -0.05) is 0 Å². The van der Waals surface area contributed by atoms with Crippen LogP contribution in [0.3, 0.4) is 0 Å². The first-order chi connectivity index (χ1) is 15.6. The summed E-state index contributed by atoms with van der Waals surface area (Å²) >= 11 is 0. The van der Waals surface area contributed by atoms with Gasteiger partial charge in [0.15, 0.2) is 0 Å². The number of esters is 1. The number of hydrogen-bond donors (Lipinski definition) is 0. The Balaban J connectivity index is 1.74. The minimum absolute atomic E-state index is 0.0821. The molecule has 1 saturated carbocycles. The Morgan fingerprint density at radius 1 is 1.18 bits per heavy atom. The van der Waals surface area contributed by atoms with Crippen LogP contribution in [0, 0.1) is 23.2 Å². The molecule has 1 aromatic rings. The van der Waals surface area contributed by atoms with Crippen molar-refractivity contribution >= 4 is 12.1 Å². The van der Waals surface area contributed by atoms with Gasteiger partial charge in [-0.25, -0.2) is 9.59 Å². The summed E-state index contributed by atoms with van der Waals surface area (Å²) in [6, 6.07) is 6.65. The van der Waals surface area contributed by atoms with Crippen molar-refractivity contribution in [2.24, 2.45) is 11.8 Å². The second-order valence-corrected chi connectivity index (χ2v) is 9.68. The van der Waals surface area contributed by atoms with Crippen molar-refractivity contribution in [3.8, 4) is 17.6 Å². The van der Waals surface area contributed by atoms with E-state index in [-0.39, 0.29) is 24.5 Å². The molecule has 3 rings (SSSR count). The number of rotatable bonds is 5. The molecule has 2 fully saturated rings. The molecule has 8 nitrogen and oxygen atoms in total. The van der Waals surface area contributed by atoms with Crippen molar-refractivity contribution in [2.45, 2.75) is 71.1 Å². The lowest BCUT2D eigenvalue weighted by atomic mass is 9.72. The summed E-state index contributed by atoms with van der Waals surface area (Å²) in [5.41, 5.74) is -0.185. The van der Waals surface area contributed by atoms with Gasteiger partial charge >= 0.3 is 12.1 Å². The Bertz CT molecular complexity index is 903. The van der Waals surface area contributed by atoms with Crippen molar-refractivity contribution < 1.29 is 28.5 Å². The van der Waals surface area contributed by atoms with E-state index in [1.165, 1.54) is 0 Å². The minimum Gasteiger partial charge on any atom is -0.497 e. The third-order valence-corrected chi connectivity index (χ3v) is 6.21. The number of fused-ring (bicyclic) bond motifs is 1. The molecular formula is C25H34N2O6. The maximum absolute atomic E-state index is 12.9. The summed E-state index contributed by atoms with van der Waals surface area (Å²) in [4.78, 5) is 27.1. The predicted octanol–water partition coefficient (Wildman–Crippen LogP) is 4.30. The SMILES string of the molecule is CCOC(=O)[C@@H]1C[C@H]2C[C@@H](Oc3cc(OC)ccc3C#N)CC[C@H]2CN1C(=O)OC(C)(C)C. The number of likely N-dealkylation sites (tertiary alicyclic amines) is 1. The minimum atomic E-state index is -0.675. The number of nitriles is 1. The molecule has 1 amide bonds. The lowest BCUT2D eigenvalue weighted by molar-refractivity contribution is -0.153. The van der Waals surface area contributed by atoms with Gasteiger partial charge in [0.2, 0.25) is 0 Å². The zero-order valence-electron chi connectivity index (χ0n) is 20.1. The van der Waals surface area contributed by atoms with Crippen molar-refractivity contribution in [1.82, 2.24) is 4.90 Å². The van der Waals surface area contributed by atoms with Gasteiger partial charge in [-0.3, -0.25) is 4.90 Å². The average molecular weight is 459 g/mol. The van der Waals surface area contributed by atoms with E-state index in [0.717, 1.165) is 19.3 Å². The summed E-state index contributed by atoms with van der Waals surface area (Å²) in [7, 11) is 1.57. The highest BCUT2D eigenvalue weighted by atomic mass is 16.6. The molecule has 0 bridgehead atoms. The Morgan fingerprint density at radius 2 is 1.94 bits per heavy atom. The largest absolute Gasteiger partial charge is 0.497 e. The lowest BCUT2D eigenvalue weighted by Crippen LogP contribution is -2.56. The molecule has 0 aromatic heterocycles. The second-order valence-electron chi connectivity index (χ2n) is 9.68. The number of amides is 1. The molecule has 0 N–H and O–H groups in total. The Kier molecular flexibility index (Phi) is 7.72. The smallest absolute Gasteiger partial charge is 0.411 e. The van der Waals surface area contributed by atoms with Gasteiger partial charge in [0.1, 0.15) is 29.2 Å². The lowest BCUT2D eigenvalue weighted by Gasteiger charge is -2.46. The molecule has 2 aliphatic rings. The molecule has 1 aliphatic heterocycles. The van der Waals surface area contributed by atoms with Crippen LogP contribution in [-0.2, 0) is 14.3 Å². The zero-order valence-corrected chi connectivity index (χ0v) is 20.1. The number of piperidine rings is 1. The molecule has 4 atom stereocenters. The van der Waals surface area contributed by atoms with Crippen LogP contribution in [0.15, 0.2) is 18.2 Å². The predicted molar refractivity (Wildman–Crippen MR) is 121 cm³/mol. The number of hydrogen-bond acceptors (Lipinski definition) is 7. The molecule has 0 spiro atoms. The number of nitrogens with zero attached hydrogens (tertiary/aromatic N) is 2. The zero-order chi connectivity index (χ0) is 24.2. The molecule has 1 heterocycles. The summed E-state index contributed by atoms with van der Waals surface area (Å²) in [5, 5.41) is 9.44. The van der Waals surface area contributed by atoms with Gasteiger partial charge in [-0.2, -0.15) is 5.26 Å². The van der Waals surface area contributed by atoms with E-state index in [9.17, 15) is 14.9 Å². The number of carbonyl (C=O) groups excluding carboxylic acids is 2. The van der Waals surface area contributed by atoms with Gasteiger partial charge in [-0.05, 0) is 77.3 Å². The van der Waals surface area contributed by atoms with Crippen molar-refractivity contribution in [3.63, 3.8) is 0 Å². The van der Waals surface area contributed by atoms with Crippen LogP contribution in [-0.4, -0.2) is 55.0 Å². The Hall–Kier alpha value is -2.95. The molecule has 8 heteroatoms. The van der Waals surface area contributed by atoms with Gasteiger partial charge in [0, 0.05) is 12.6 Å². The highest BCUT2D eigenvalue weighted by molar-refractivity contribution is 5.82. The van der Waals surface area contributed by atoms with Crippen LogP contribution in [0.1, 0.15) is 58.9 Å². The normalized spacial score (nSPS) is 24.8. The van der Waals surface area contributed by atoms with E-state index in [2.05, 4.69) is 6.07 Å². The highest BCUT2D eigenvalue weighted by Gasteiger charge is 2.45. The van der Waals surface area contributed by atoms with Gasteiger partial charge in [0.05, 0.1) is 25.4 Å². The average Bonchev–Trinajstić information content (AvgIpc) is 2.77. The van der Waals surface area contributed by atoms with E-state index in [1.54, 1.807) is 37.1 Å². The van der Waals surface area contributed by atoms with Crippen LogP contribution >= 0.6 is 0 Å². The van der Waals surface area contributed by atoms with Crippen LogP contribution < -0.4 is 9.47 Å². The summed E-state index contributed by atoms with van der Waals surface area (Å²) < 4.78 is 22.4. The Morgan fingerprint density at radius 3 is 2.58 bits per heavy atom. The van der Waals surface area contributed by atoms with Crippen molar-refractivity contribution in [2.75, 3.05) is 20.3 Å². The van der Waals surface area contributed by atoms with E-state index in [0.29, 0.717) is 30.0 Å². The quantitative estimate of drug-likeness (QED) is 0.607. The molecular weight excluding hydrogens is 424 g/mol. The number of methoxy groups -OCH3 is 1. The molecule has 1 aromatic carbocycles. The van der Waals surface area contributed by atoms with Crippen LogP contribution in [0.5, 0.6) is 11.5 Å². The topological polar surface area (TPSA) is 98.1 Å². The van der Waals surface area contributed by atoms with Crippen molar-refractivity contribution in [1.29, 1.82) is 5.26 Å². The summed E-state index contributed by atoms with van der Waals surface area (Å²) in [5.74, 6) is 1.19. The molecule has 1 saturated heterocycles. The fraction of sp³-hybridized carbons (Fsp3) is 0.640. The number of benzene rings is 1. The Labute approximate surface area is 195 Å². The first kappa shape index (κ1) is 24.7. The maximum Gasteiger partial charge on any atom is 0.411 e. The number of ether oxygens (including phenoxy) is 4. The summed E-state index contributed by atoms with van der Waals surface area (Å²) in [6.45, 7) is 7.91. The molecule has 0 unspecified atom stereocenters. The monoisotopic (exact) mass is 458 g/mol. The third-order valence-electron chi connectivity index (χ3n) is 6.21. The van der Waals surface area contributed by atoms with E-state index < -0.39 is 23.7 Å². The van der Waals surface area contributed by atoms with Gasteiger partial charge < -0.3 is 18.9 Å². The van der Waals surface area contributed by atoms with Crippen LogP contribution in [0.25, 0.3) is 0 Å². The molecule has 1 aliphatic carbocycles. The fourth-order valence-corrected chi connectivity index (χ4v) is 4.70. The molecule has 0 radical (unpaired) electrons. The first-order valence-corrected chi connectivity index (χ1v) is 11.6. The van der Waals surface area contributed by atoms with E-state index in [4.69, 9.17) is 18.9 Å². The standard InChI is InChI=1S/C25H34N2O6/c1-6-31-23(28)21-12-18-11-20(32-22-13-19(30-5)9-7-16(22)14-26)10-8-17(18)15-27(21)24(29)33-25(2,3)4/h7,9,13,17-18,20-21H,6,8,10-12,15H2,1-5H3/t17-,18+,20-,21-/m0/s1. The van der Waals surface area contributed by atoms with Crippen LogP contribution in [0.4, 0.5) is 4.79 Å². The highest BCUT2D eigenvalue weighted by Crippen LogP contribution is 2.41. The second kappa shape index (κ2) is 10.3.